The number of rotatable bonds is 6. The fraction of sp³-hybridized carbons (Fsp3) is 0.556. The molecule has 0 saturated carbocycles. The van der Waals surface area contributed by atoms with Gasteiger partial charge in [0.25, 0.3) is 5.91 Å². The van der Waals surface area contributed by atoms with Crippen molar-refractivity contribution in [1.82, 2.24) is 30.2 Å². The highest BCUT2D eigenvalue weighted by atomic mass is 16.1. The van der Waals surface area contributed by atoms with Gasteiger partial charge in [-0.05, 0) is 45.6 Å². The zero-order valence-corrected chi connectivity index (χ0v) is 15.0. The third-order valence-corrected chi connectivity index (χ3v) is 4.60. The van der Waals surface area contributed by atoms with Gasteiger partial charge in [0.2, 0.25) is 0 Å². The predicted molar refractivity (Wildman–Crippen MR) is 95.0 cm³/mol. The first-order valence-electron chi connectivity index (χ1n) is 8.90. The summed E-state index contributed by atoms with van der Waals surface area (Å²) in [6.45, 7) is 7.62. The van der Waals surface area contributed by atoms with Crippen LogP contribution in [0.4, 0.5) is 0 Å². The van der Waals surface area contributed by atoms with Gasteiger partial charge >= 0.3 is 0 Å². The molecule has 0 bridgehead atoms. The van der Waals surface area contributed by atoms with Crippen molar-refractivity contribution in [2.75, 3.05) is 19.6 Å². The molecule has 3 rings (SSSR count). The maximum absolute atomic E-state index is 12.1. The average molecular weight is 342 g/mol. The van der Waals surface area contributed by atoms with Gasteiger partial charge < -0.3 is 10.3 Å². The standard InChI is InChI=1S/C18H26N6O/c1-13-8-22-17(10-20-13)18(25)19-6-5-15-4-3-7-24(11-15)12-16-9-21-14(2)23-16/h8-10,15H,3-7,11-12H2,1-2H3,(H,19,25)(H,21,23)/t15-/m0/s1. The Labute approximate surface area is 148 Å². The van der Waals surface area contributed by atoms with E-state index in [2.05, 4.69) is 30.2 Å². The molecular formula is C18H26N6O. The van der Waals surface area contributed by atoms with Crippen molar-refractivity contribution < 1.29 is 4.79 Å². The Kier molecular flexibility index (Phi) is 5.75. The Morgan fingerprint density at radius 3 is 2.88 bits per heavy atom. The van der Waals surface area contributed by atoms with Gasteiger partial charge in [0.1, 0.15) is 11.5 Å². The van der Waals surface area contributed by atoms with Crippen LogP contribution < -0.4 is 5.32 Å². The highest BCUT2D eigenvalue weighted by molar-refractivity contribution is 5.91. The van der Waals surface area contributed by atoms with E-state index in [1.807, 2.05) is 20.0 Å². The van der Waals surface area contributed by atoms with E-state index in [0.29, 0.717) is 18.2 Å². The van der Waals surface area contributed by atoms with E-state index in [1.165, 1.54) is 24.7 Å². The first kappa shape index (κ1) is 17.5. The highest BCUT2D eigenvalue weighted by Crippen LogP contribution is 2.20. The summed E-state index contributed by atoms with van der Waals surface area (Å²) in [5, 5.41) is 2.96. The van der Waals surface area contributed by atoms with Gasteiger partial charge in [-0.1, -0.05) is 0 Å². The Morgan fingerprint density at radius 2 is 2.16 bits per heavy atom. The van der Waals surface area contributed by atoms with Gasteiger partial charge in [-0.25, -0.2) is 9.97 Å². The molecule has 0 aliphatic carbocycles. The molecule has 7 heteroatoms. The zero-order valence-electron chi connectivity index (χ0n) is 15.0. The molecular weight excluding hydrogens is 316 g/mol. The summed E-state index contributed by atoms with van der Waals surface area (Å²) in [5.74, 6) is 1.43. The highest BCUT2D eigenvalue weighted by Gasteiger charge is 2.20. The molecule has 1 fully saturated rings. The number of imidazole rings is 1. The first-order chi connectivity index (χ1) is 12.1. The summed E-state index contributed by atoms with van der Waals surface area (Å²) in [4.78, 5) is 30.3. The number of aromatic amines is 1. The lowest BCUT2D eigenvalue weighted by Gasteiger charge is -2.32. The molecule has 1 saturated heterocycles. The number of amides is 1. The molecule has 2 aromatic heterocycles. The summed E-state index contributed by atoms with van der Waals surface area (Å²) in [6.07, 6.45) is 8.48. The molecule has 7 nitrogen and oxygen atoms in total. The first-order valence-corrected chi connectivity index (χ1v) is 8.90. The van der Waals surface area contributed by atoms with E-state index in [-0.39, 0.29) is 5.91 Å². The molecule has 1 amide bonds. The van der Waals surface area contributed by atoms with Crippen molar-refractivity contribution in [3.8, 4) is 0 Å². The number of hydrogen-bond donors (Lipinski definition) is 2. The van der Waals surface area contributed by atoms with Crippen LogP contribution in [0.5, 0.6) is 0 Å². The molecule has 1 aliphatic heterocycles. The number of likely N-dealkylation sites (tertiary alicyclic amines) is 1. The van der Waals surface area contributed by atoms with E-state index in [0.717, 1.165) is 37.6 Å². The van der Waals surface area contributed by atoms with Gasteiger partial charge in [0, 0.05) is 37.7 Å². The quantitative estimate of drug-likeness (QED) is 0.836. The van der Waals surface area contributed by atoms with Crippen LogP contribution in [-0.2, 0) is 6.54 Å². The smallest absolute Gasteiger partial charge is 0.271 e. The van der Waals surface area contributed by atoms with Crippen LogP contribution in [0.1, 0.15) is 47.0 Å². The van der Waals surface area contributed by atoms with Crippen molar-refractivity contribution in [2.24, 2.45) is 5.92 Å². The molecule has 0 radical (unpaired) electrons. The van der Waals surface area contributed by atoms with Crippen LogP contribution in [0.3, 0.4) is 0 Å². The second-order valence-corrected chi connectivity index (χ2v) is 6.82. The number of carbonyl (C=O) groups excluding carboxylic acids is 1. The minimum Gasteiger partial charge on any atom is -0.351 e. The topological polar surface area (TPSA) is 86.8 Å². The second kappa shape index (κ2) is 8.20. The summed E-state index contributed by atoms with van der Waals surface area (Å²) >= 11 is 0. The minimum atomic E-state index is -0.145. The fourth-order valence-electron chi connectivity index (χ4n) is 3.31. The third-order valence-electron chi connectivity index (χ3n) is 4.60. The van der Waals surface area contributed by atoms with Crippen LogP contribution in [0.15, 0.2) is 18.6 Å². The number of H-pyrrole nitrogens is 1. The van der Waals surface area contributed by atoms with E-state index < -0.39 is 0 Å². The number of nitrogens with zero attached hydrogens (tertiary/aromatic N) is 4. The Bertz CT molecular complexity index is 696. The van der Waals surface area contributed by atoms with Crippen molar-refractivity contribution >= 4 is 5.91 Å². The number of aromatic nitrogens is 4. The van der Waals surface area contributed by atoms with Crippen LogP contribution in [0.2, 0.25) is 0 Å². The Hall–Kier alpha value is -2.28. The number of carbonyl (C=O) groups is 1. The molecule has 2 N–H and O–H groups in total. The minimum absolute atomic E-state index is 0.145. The van der Waals surface area contributed by atoms with Crippen LogP contribution in [0, 0.1) is 19.8 Å². The summed E-state index contributed by atoms with van der Waals surface area (Å²) < 4.78 is 0. The molecule has 0 aromatic carbocycles. The number of piperidine rings is 1. The Morgan fingerprint density at radius 1 is 1.28 bits per heavy atom. The maximum atomic E-state index is 12.1. The van der Waals surface area contributed by atoms with Crippen molar-refractivity contribution in [1.29, 1.82) is 0 Å². The summed E-state index contributed by atoms with van der Waals surface area (Å²) in [5.41, 5.74) is 2.36. The van der Waals surface area contributed by atoms with Crippen LogP contribution in [-0.4, -0.2) is 50.4 Å². The molecule has 134 valence electrons. The molecule has 0 unspecified atom stereocenters. The van der Waals surface area contributed by atoms with Crippen molar-refractivity contribution in [3.63, 3.8) is 0 Å². The van der Waals surface area contributed by atoms with Gasteiger partial charge in [-0.3, -0.25) is 14.7 Å². The van der Waals surface area contributed by atoms with Crippen molar-refractivity contribution in [3.05, 3.63) is 41.5 Å². The summed E-state index contributed by atoms with van der Waals surface area (Å²) in [6, 6.07) is 0. The van der Waals surface area contributed by atoms with Crippen molar-refractivity contribution in [2.45, 2.75) is 39.7 Å². The molecule has 1 atom stereocenters. The van der Waals surface area contributed by atoms with Gasteiger partial charge in [0.15, 0.2) is 0 Å². The lowest BCUT2D eigenvalue weighted by Crippen LogP contribution is -2.36. The third kappa shape index (κ3) is 5.09. The molecule has 3 heterocycles. The lowest BCUT2D eigenvalue weighted by molar-refractivity contribution is 0.0941. The SMILES string of the molecule is Cc1cnc(C(=O)NCC[C@@H]2CCCN(Cc3cnc(C)[nH]3)C2)cn1. The van der Waals surface area contributed by atoms with Crippen LogP contribution >= 0.6 is 0 Å². The van der Waals surface area contributed by atoms with Gasteiger partial charge in [-0.15, -0.1) is 0 Å². The number of hydrogen-bond acceptors (Lipinski definition) is 5. The van der Waals surface area contributed by atoms with Crippen LogP contribution in [0.25, 0.3) is 0 Å². The summed E-state index contributed by atoms with van der Waals surface area (Å²) in [7, 11) is 0. The monoisotopic (exact) mass is 342 g/mol. The number of nitrogens with one attached hydrogen (secondary N) is 2. The van der Waals surface area contributed by atoms with E-state index in [4.69, 9.17) is 0 Å². The van der Waals surface area contributed by atoms with Gasteiger partial charge in [-0.2, -0.15) is 0 Å². The zero-order chi connectivity index (χ0) is 17.6. The van der Waals surface area contributed by atoms with E-state index >= 15 is 0 Å². The molecule has 2 aromatic rings. The van der Waals surface area contributed by atoms with Gasteiger partial charge in [0.05, 0.1) is 11.9 Å². The normalized spacial score (nSPS) is 18.2. The number of aryl methyl sites for hydroxylation is 2. The van der Waals surface area contributed by atoms with E-state index in [1.54, 1.807) is 6.20 Å². The fourth-order valence-corrected chi connectivity index (χ4v) is 3.31. The Balaban J connectivity index is 1.42. The molecule has 1 aliphatic rings. The molecule has 0 spiro atoms. The maximum Gasteiger partial charge on any atom is 0.271 e. The van der Waals surface area contributed by atoms with E-state index in [9.17, 15) is 4.79 Å². The largest absolute Gasteiger partial charge is 0.351 e. The average Bonchev–Trinajstić information content (AvgIpc) is 3.00. The second-order valence-electron chi connectivity index (χ2n) is 6.82. The predicted octanol–water partition coefficient (Wildman–Crippen LogP) is 1.85. The lowest BCUT2D eigenvalue weighted by atomic mass is 9.94. The molecule has 25 heavy (non-hydrogen) atoms.